The van der Waals surface area contributed by atoms with E-state index in [0.717, 1.165) is 52.1 Å². The smallest absolute Gasteiger partial charge is 0.261 e. The van der Waals surface area contributed by atoms with Crippen LogP contribution in [0.2, 0.25) is 5.04 Å². The summed E-state index contributed by atoms with van der Waals surface area (Å²) >= 11 is 1.14. The highest BCUT2D eigenvalue weighted by Gasteiger charge is 2.55. The molecule has 1 spiro atoms. The van der Waals surface area contributed by atoms with Gasteiger partial charge in [0.05, 0.1) is 35.6 Å². The van der Waals surface area contributed by atoms with Gasteiger partial charge in [-0.05, 0) is 65.6 Å². The van der Waals surface area contributed by atoms with Crippen molar-refractivity contribution in [3.63, 3.8) is 0 Å². The van der Waals surface area contributed by atoms with Gasteiger partial charge in [0.25, 0.3) is 8.32 Å². The Morgan fingerprint density at radius 3 is 2.19 bits per heavy atom. The summed E-state index contributed by atoms with van der Waals surface area (Å²) in [6.45, 7) is 9.42. The largest absolute Gasteiger partial charge is 0.405 e. The summed E-state index contributed by atoms with van der Waals surface area (Å²) in [5.41, 5.74) is 0.623. The van der Waals surface area contributed by atoms with Crippen molar-refractivity contribution in [2.75, 3.05) is 13.2 Å². The highest BCUT2D eigenvalue weighted by molar-refractivity contribution is 7.94. The van der Waals surface area contributed by atoms with Crippen molar-refractivity contribution in [2.45, 2.75) is 124 Å². The van der Waals surface area contributed by atoms with Crippen LogP contribution in [0.5, 0.6) is 0 Å². The number of benzene rings is 3. The van der Waals surface area contributed by atoms with Gasteiger partial charge in [-0.25, -0.2) is 13.4 Å². The Morgan fingerprint density at radius 1 is 0.923 bits per heavy atom. The summed E-state index contributed by atoms with van der Waals surface area (Å²) in [6.07, 6.45) is 5.55. The van der Waals surface area contributed by atoms with Crippen LogP contribution in [0.1, 0.15) is 85.5 Å². The summed E-state index contributed by atoms with van der Waals surface area (Å²) in [5.74, 6) is -2.49. The van der Waals surface area contributed by atoms with Gasteiger partial charge in [0.15, 0.2) is 11.6 Å². The third-order valence-corrected chi connectivity index (χ3v) is 20.2. The summed E-state index contributed by atoms with van der Waals surface area (Å²) < 4.78 is 56.9. The van der Waals surface area contributed by atoms with Gasteiger partial charge in [-0.1, -0.05) is 107 Å². The number of rotatable bonds is 11. The molecule has 1 saturated carbocycles. The van der Waals surface area contributed by atoms with Crippen LogP contribution in [-0.4, -0.2) is 69.1 Å². The number of hydrogen-bond acceptors (Lipinski definition) is 9. The Balaban J connectivity index is 1.19. The zero-order chi connectivity index (χ0) is 36.6. The van der Waals surface area contributed by atoms with Crippen molar-refractivity contribution in [3.8, 4) is 0 Å². The van der Waals surface area contributed by atoms with Crippen LogP contribution >= 0.6 is 11.3 Å². The lowest BCUT2D eigenvalue weighted by Gasteiger charge is -2.47. The monoisotopic (exact) mass is 763 g/mol. The highest BCUT2D eigenvalue weighted by atomic mass is 32.2. The lowest BCUT2D eigenvalue weighted by Crippen LogP contribution is -2.67. The molecule has 1 N–H and O–H groups in total. The lowest BCUT2D eigenvalue weighted by molar-refractivity contribution is -0.271. The van der Waals surface area contributed by atoms with Gasteiger partial charge in [0.1, 0.15) is 5.25 Å². The first-order valence-corrected chi connectivity index (χ1v) is 23.2. The van der Waals surface area contributed by atoms with E-state index < -0.39 is 41.1 Å². The lowest BCUT2D eigenvalue weighted by atomic mass is 9.89. The number of aliphatic hydroxyl groups is 1. The van der Waals surface area contributed by atoms with Gasteiger partial charge in [-0.15, -0.1) is 11.3 Å². The molecule has 3 aliphatic rings. The average Bonchev–Trinajstić information content (AvgIpc) is 3.75. The Kier molecular flexibility index (Phi) is 10.9. The second-order valence-corrected chi connectivity index (χ2v) is 23.7. The third kappa shape index (κ3) is 7.32. The van der Waals surface area contributed by atoms with E-state index in [1.165, 1.54) is 6.42 Å². The molecule has 0 amide bonds. The quantitative estimate of drug-likeness (QED) is 0.158. The molecule has 1 aliphatic carbocycles. The number of nitrogens with zero attached hydrogens (tertiary/aromatic N) is 1. The van der Waals surface area contributed by atoms with Crippen molar-refractivity contribution in [1.82, 2.24) is 4.98 Å². The van der Waals surface area contributed by atoms with Crippen LogP contribution in [0.15, 0.2) is 89.3 Å². The Bertz CT molecular complexity index is 1840. The van der Waals surface area contributed by atoms with E-state index in [9.17, 15) is 13.5 Å². The van der Waals surface area contributed by atoms with Crippen LogP contribution in [-0.2, 0) is 28.5 Å². The number of para-hydroxylation sites is 1. The third-order valence-electron chi connectivity index (χ3n) is 11.5. The zero-order valence-corrected chi connectivity index (χ0v) is 33.5. The highest BCUT2D eigenvalue weighted by Crippen LogP contribution is 2.44. The molecule has 2 saturated heterocycles. The molecule has 52 heavy (non-hydrogen) atoms. The molecule has 8 nitrogen and oxygen atoms in total. The maximum Gasteiger partial charge on any atom is 0.261 e. The maximum atomic E-state index is 14.7. The number of ether oxygens (including phenoxy) is 3. The predicted molar refractivity (Wildman–Crippen MR) is 208 cm³/mol. The zero-order valence-electron chi connectivity index (χ0n) is 30.8. The molecule has 4 aromatic rings. The molecule has 2 aliphatic heterocycles. The molecule has 7 rings (SSSR count). The molecule has 1 aromatic heterocycles. The standard InChI is InChI=1S/C41H53NO7S2Si/c1-30-24-27-41(43,49-35(30)29-47-52(39(2,3)4,32-16-8-5-9-17-32)33-18-10-6-11-19-33)37(23-22-31-28-46-40(48-31)25-14-7-15-26-40)51(44,45)38-42-34-20-12-13-21-36(34)50-38/h5-6,8-13,16-21,30-31,35,37,43H,7,14-15,22-29H2,1-4H3/t30-,31-,35+,37?,41?/m0/s1. The van der Waals surface area contributed by atoms with E-state index in [1.807, 2.05) is 36.4 Å². The predicted octanol–water partition coefficient (Wildman–Crippen LogP) is 7.37. The van der Waals surface area contributed by atoms with Crippen LogP contribution in [0.25, 0.3) is 10.2 Å². The number of thiazole rings is 1. The van der Waals surface area contributed by atoms with E-state index >= 15 is 0 Å². The number of hydrogen-bond donors (Lipinski definition) is 1. The van der Waals surface area contributed by atoms with Crippen LogP contribution < -0.4 is 10.4 Å². The minimum atomic E-state index is -4.14. The molecule has 0 radical (unpaired) electrons. The molecule has 5 atom stereocenters. The van der Waals surface area contributed by atoms with Crippen LogP contribution in [0.4, 0.5) is 0 Å². The Labute approximate surface area is 313 Å². The summed E-state index contributed by atoms with van der Waals surface area (Å²) in [4.78, 5) is 4.56. The summed E-state index contributed by atoms with van der Waals surface area (Å²) in [6, 6.07) is 28.3. The fourth-order valence-electron chi connectivity index (χ4n) is 8.63. The van der Waals surface area contributed by atoms with Gasteiger partial charge in [0.2, 0.25) is 14.2 Å². The topological polar surface area (TPSA) is 104 Å². The molecule has 3 aromatic carbocycles. The summed E-state index contributed by atoms with van der Waals surface area (Å²) in [5, 5.41) is 13.4. The van der Waals surface area contributed by atoms with Crippen molar-refractivity contribution >= 4 is 50.1 Å². The van der Waals surface area contributed by atoms with Crippen molar-refractivity contribution in [2.24, 2.45) is 5.92 Å². The molecular weight excluding hydrogens is 711 g/mol. The Hall–Kier alpha value is -2.48. The molecule has 3 heterocycles. The second kappa shape index (κ2) is 15.0. The Morgan fingerprint density at radius 2 is 1.56 bits per heavy atom. The fourth-order valence-corrected chi connectivity index (χ4v) is 16.6. The van der Waals surface area contributed by atoms with Crippen molar-refractivity contribution in [3.05, 3.63) is 84.9 Å². The first kappa shape index (κ1) is 37.8. The van der Waals surface area contributed by atoms with E-state index in [1.54, 1.807) is 0 Å². The normalized spacial score (nSPS) is 26.1. The van der Waals surface area contributed by atoms with Crippen LogP contribution in [0, 0.1) is 5.92 Å². The van der Waals surface area contributed by atoms with E-state index in [4.69, 9.17) is 18.6 Å². The van der Waals surface area contributed by atoms with Crippen LogP contribution in [0.3, 0.4) is 0 Å². The maximum absolute atomic E-state index is 14.7. The molecule has 11 heteroatoms. The SMILES string of the molecule is C[C@H]1CCC(O)(C(CC[C@H]2COC3(CCCCC3)O2)S(=O)(=O)c2nc3ccccc3s2)O[C@@H]1CO[Si](c1ccccc1)(c1ccccc1)C(C)(C)C. The number of fused-ring (bicyclic) bond motifs is 1. The van der Waals surface area contributed by atoms with Gasteiger partial charge in [-0.2, -0.15) is 0 Å². The van der Waals surface area contributed by atoms with Gasteiger partial charge in [-0.3, -0.25) is 0 Å². The molecule has 280 valence electrons. The molecule has 2 unspecified atom stereocenters. The second-order valence-electron chi connectivity index (χ2n) is 16.1. The minimum absolute atomic E-state index is 0.00167. The number of aromatic nitrogens is 1. The average molecular weight is 764 g/mol. The van der Waals surface area contributed by atoms with E-state index in [2.05, 4.69) is 81.2 Å². The fraction of sp³-hybridized carbons (Fsp3) is 0.537. The summed E-state index contributed by atoms with van der Waals surface area (Å²) in [7, 11) is -7.05. The molecule has 0 bridgehead atoms. The van der Waals surface area contributed by atoms with E-state index in [-0.39, 0.29) is 40.8 Å². The molecule has 3 fully saturated rings. The molecular formula is C41H53NO7S2Si. The minimum Gasteiger partial charge on any atom is -0.405 e. The van der Waals surface area contributed by atoms with Gasteiger partial charge < -0.3 is 23.7 Å². The first-order valence-electron chi connectivity index (χ1n) is 18.9. The van der Waals surface area contributed by atoms with Crippen molar-refractivity contribution in [1.29, 1.82) is 0 Å². The van der Waals surface area contributed by atoms with Gasteiger partial charge >= 0.3 is 0 Å². The van der Waals surface area contributed by atoms with Crippen molar-refractivity contribution < 1.29 is 32.2 Å². The number of sulfone groups is 1. The van der Waals surface area contributed by atoms with E-state index in [0.29, 0.717) is 25.0 Å². The first-order chi connectivity index (χ1) is 24.9. The van der Waals surface area contributed by atoms with Gasteiger partial charge in [0, 0.05) is 19.3 Å².